The van der Waals surface area contributed by atoms with Gasteiger partial charge < -0.3 is 10.4 Å². The third-order valence-corrected chi connectivity index (χ3v) is 5.58. The molecule has 3 rings (SSSR count). The Hall–Kier alpha value is -0.790. The molecule has 3 nitrogen and oxygen atoms in total. The molecule has 1 aliphatic heterocycles. The number of halogens is 4. The maximum atomic E-state index is 13.3. The second kappa shape index (κ2) is 7.22. The third-order valence-electron chi connectivity index (χ3n) is 5.12. The van der Waals surface area contributed by atoms with Crippen LogP contribution in [0.1, 0.15) is 42.9 Å². The first-order valence-electron chi connectivity index (χ1n) is 8.42. The highest BCUT2D eigenvalue weighted by molar-refractivity contribution is 9.10. The summed E-state index contributed by atoms with van der Waals surface area (Å²) in [6, 6.07) is 2.46. The first-order chi connectivity index (χ1) is 11.4. The van der Waals surface area contributed by atoms with Gasteiger partial charge in [-0.3, -0.25) is 4.90 Å². The minimum atomic E-state index is -4.56. The minimum Gasteiger partial charge on any atom is -0.507 e. The molecule has 0 unspecified atom stereocenters. The number of aromatic hydroxyl groups is 1. The first kappa shape index (κ1) is 18.0. The van der Waals surface area contributed by atoms with E-state index >= 15 is 0 Å². The fourth-order valence-electron chi connectivity index (χ4n) is 4.04. The summed E-state index contributed by atoms with van der Waals surface area (Å²) in [6.07, 6.45) is -0.349. The number of phenols is 1. The largest absolute Gasteiger partial charge is 0.507 e. The van der Waals surface area contributed by atoms with E-state index in [9.17, 15) is 18.3 Å². The summed E-state index contributed by atoms with van der Waals surface area (Å²) in [5.41, 5.74) is -0.546. The van der Waals surface area contributed by atoms with Crippen LogP contribution in [0.5, 0.6) is 5.75 Å². The summed E-state index contributed by atoms with van der Waals surface area (Å²) in [5.74, 6) is -0.314. The van der Waals surface area contributed by atoms with Gasteiger partial charge in [-0.15, -0.1) is 0 Å². The molecule has 2 N–H and O–H groups in total. The molecule has 1 aliphatic carbocycles. The molecule has 0 bridgehead atoms. The van der Waals surface area contributed by atoms with Crippen LogP contribution in [0.4, 0.5) is 13.2 Å². The molecule has 2 aliphatic rings. The van der Waals surface area contributed by atoms with E-state index in [1.807, 2.05) is 0 Å². The zero-order valence-corrected chi connectivity index (χ0v) is 15.0. The van der Waals surface area contributed by atoms with Crippen molar-refractivity contribution in [2.75, 3.05) is 26.2 Å². The van der Waals surface area contributed by atoms with Crippen molar-refractivity contribution in [1.29, 1.82) is 0 Å². The van der Waals surface area contributed by atoms with Crippen LogP contribution in [0.15, 0.2) is 16.6 Å². The van der Waals surface area contributed by atoms with E-state index in [0.717, 1.165) is 57.9 Å². The number of nitrogens with zero attached hydrogens (tertiary/aromatic N) is 1. The van der Waals surface area contributed by atoms with Gasteiger partial charge in [0.25, 0.3) is 0 Å². The number of piperazine rings is 1. The smallest absolute Gasteiger partial charge is 0.420 e. The van der Waals surface area contributed by atoms with Gasteiger partial charge in [0.1, 0.15) is 5.75 Å². The van der Waals surface area contributed by atoms with Gasteiger partial charge in [0.2, 0.25) is 0 Å². The van der Waals surface area contributed by atoms with Crippen molar-refractivity contribution in [2.45, 2.75) is 37.9 Å². The van der Waals surface area contributed by atoms with E-state index in [4.69, 9.17) is 0 Å². The van der Waals surface area contributed by atoms with Crippen LogP contribution in [0.3, 0.4) is 0 Å². The number of phenolic OH excluding ortho intramolecular Hbond substituents is 1. The SMILES string of the molecule is Oc1c([C@@H](C2CCCC2)N2CCNCC2)cc(Br)cc1C(F)(F)F. The summed E-state index contributed by atoms with van der Waals surface area (Å²) >= 11 is 3.20. The predicted octanol–water partition coefficient (Wildman–Crippen LogP) is 4.31. The standard InChI is InChI=1S/C17H22BrF3N2O/c18-12-9-13(16(24)14(10-12)17(19,20)21)15(11-3-1-2-4-11)23-7-5-22-6-8-23/h9-11,15,22,24H,1-8H2/t15-/m1/s1. The van der Waals surface area contributed by atoms with Crippen LogP contribution in [-0.4, -0.2) is 36.2 Å². The van der Waals surface area contributed by atoms with Gasteiger partial charge in [-0.2, -0.15) is 13.2 Å². The molecular weight excluding hydrogens is 385 g/mol. The zero-order chi connectivity index (χ0) is 17.3. The molecule has 2 fully saturated rings. The van der Waals surface area contributed by atoms with Gasteiger partial charge in [-0.25, -0.2) is 0 Å². The Kier molecular flexibility index (Phi) is 5.42. The van der Waals surface area contributed by atoms with Crippen molar-refractivity contribution in [3.63, 3.8) is 0 Å². The van der Waals surface area contributed by atoms with Gasteiger partial charge in [-0.05, 0) is 30.9 Å². The van der Waals surface area contributed by atoms with Gasteiger partial charge in [-0.1, -0.05) is 28.8 Å². The lowest BCUT2D eigenvalue weighted by atomic mass is 9.88. The van der Waals surface area contributed by atoms with Gasteiger partial charge in [0.05, 0.1) is 5.56 Å². The van der Waals surface area contributed by atoms with E-state index < -0.39 is 17.5 Å². The highest BCUT2D eigenvalue weighted by Crippen LogP contribution is 2.47. The number of hydrogen-bond acceptors (Lipinski definition) is 3. The molecule has 0 spiro atoms. The van der Waals surface area contributed by atoms with Gasteiger partial charge in [0, 0.05) is 42.3 Å². The lowest BCUT2D eigenvalue weighted by Crippen LogP contribution is -2.46. The predicted molar refractivity (Wildman–Crippen MR) is 90.0 cm³/mol. The van der Waals surface area contributed by atoms with Crippen LogP contribution >= 0.6 is 15.9 Å². The molecule has 1 aromatic rings. The van der Waals surface area contributed by atoms with Crippen LogP contribution in [0.2, 0.25) is 0 Å². The number of hydrogen-bond donors (Lipinski definition) is 2. The summed E-state index contributed by atoms with van der Waals surface area (Å²) in [7, 11) is 0. The lowest BCUT2D eigenvalue weighted by Gasteiger charge is -2.39. The normalized spacial score (nSPS) is 22.0. The van der Waals surface area contributed by atoms with E-state index in [0.29, 0.717) is 16.0 Å². The fraction of sp³-hybridized carbons (Fsp3) is 0.647. The molecular formula is C17H22BrF3N2O. The van der Waals surface area contributed by atoms with Crippen LogP contribution in [0.25, 0.3) is 0 Å². The number of rotatable bonds is 3. The Morgan fingerprint density at radius 1 is 1.17 bits per heavy atom. The Labute approximate surface area is 148 Å². The zero-order valence-electron chi connectivity index (χ0n) is 13.4. The highest BCUT2D eigenvalue weighted by Gasteiger charge is 2.39. The summed E-state index contributed by atoms with van der Waals surface area (Å²) in [5, 5.41) is 13.7. The second-order valence-electron chi connectivity index (χ2n) is 6.66. The Morgan fingerprint density at radius 3 is 2.38 bits per heavy atom. The van der Waals surface area contributed by atoms with Crippen LogP contribution < -0.4 is 5.32 Å². The molecule has 0 aromatic heterocycles. The van der Waals surface area contributed by atoms with E-state index in [-0.39, 0.29) is 6.04 Å². The highest BCUT2D eigenvalue weighted by atomic mass is 79.9. The maximum absolute atomic E-state index is 13.3. The fourth-order valence-corrected chi connectivity index (χ4v) is 4.52. The molecule has 1 saturated heterocycles. The van der Waals surface area contributed by atoms with Crippen molar-refractivity contribution in [1.82, 2.24) is 10.2 Å². The average molecular weight is 407 g/mol. The summed E-state index contributed by atoms with van der Waals surface area (Å²) < 4.78 is 40.2. The average Bonchev–Trinajstić information content (AvgIpc) is 3.04. The summed E-state index contributed by atoms with van der Waals surface area (Å²) in [6.45, 7) is 3.22. The first-order valence-corrected chi connectivity index (χ1v) is 9.21. The molecule has 1 atom stereocenters. The van der Waals surface area contributed by atoms with Crippen LogP contribution in [-0.2, 0) is 6.18 Å². The van der Waals surface area contributed by atoms with E-state index in [2.05, 4.69) is 26.1 Å². The maximum Gasteiger partial charge on any atom is 0.420 e. The molecule has 0 amide bonds. The van der Waals surface area contributed by atoms with Crippen LogP contribution in [0, 0.1) is 5.92 Å². The quantitative estimate of drug-likeness (QED) is 0.784. The molecule has 1 saturated carbocycles. The summed E-state index contributed by atoms with van der Waals surface area (Å²) in [4.78, 5) is 2.23. The molecule has 134 valence electrons. The van der Waals surface area contributed by atoms with Gasteiger partial charge in [0.15, 0.2) is 0 Å². The molecule has 24 heavy (non-hydrogen) atoms. The Morgan fingerprint density at radius 2 is 1.79 bits per heavy atom. The van der Waals surface area contributed by atoms with E-state index in [1.165, 1.54) is 0 Å². The third kappa shape index (κ3) is 3.73. The van der Waals surface area contributed by atoms with Gasteiger partial charge >= 0.3 is 6.18 Å². The number of nitrogens with one attached hydrogen (secondary N) is 1. The minimum absolute atomic E-state index is 0.159. The number of benzene rings is 1. The number of alkyl halides is 3. The Balaban J connectivity index is 2.04. The lowest BCUT2D eigenvalue weighted by molar-refractivity contribution is -0.139. The second-order valence-corrected chi connectivity index (χ2v) is 7.58. The Bertz CT molecular complexity index is 582. The van der Waals surface area contributed by atoms with Crippen molar-refractivity contribution < 1.29 is 18.3 Å². The molecule has 7 heteroatoms. The molecule has 1 aromatic carbocycles. The van der Waals surface area contributed by atoms with Crippen molar-refractivity contribution >= 4 is 15.9 Å². The molecule has 1 heterocycles. The van der Waals surface area contributed by atoms with E-state index in [1.54, 1.807) is 6.07 Å². The topological polar surface area (TPSA) is 35.5 Å². The monoisotopic (exact) mass is 406 g/mol. The van der Waals surface area contributed by atoms with Crippen molar-refractivity contribution in [2.24, 2.45) is 5.92 Å². The molecule has 0 radical (unpaired) electrons. The van der Waals surface area contributed by atoms with Crippen molar-refractivity contribution in [3.8, 4) is 5.75 Å². The van der Waals surface area contributed by atoms with Crippen molar-refractivity contribution in [3.05, 3.63) is 27.7 Å².